The molecular formula is C22H26FN3O. The predicted molar refractivity (Wildman–Crippen MR) is 106 cm³/mol. The van der Waals surface area contributed by atoms with Crippen LogP contribution < -0.4 is 5.32 Å². The van der Waals surface area contributed by atoms with Crippen LogP contribution in [0.5, 0.6) is 0 Å². The first-order chi connectivity index (χ1) is 12.7. The highest BCUT2D eigenvalue weighted by molar-refractivity contribution is 5.87. The van der Waals surface area contributed by atoms with Crippen molar-refractivity contribution in [3.63, 3.8) is 0 Å². The van der Waals surface area contributed by atoms with E-state index in [2.05, 4.69) is 23.7 Å². The molecule has 0 fully saturated rings. The van der Waals surface area contributed by atoms with E-state index in [0.29, 0.717) is 0 Å². The summed E-state index contributed by atoms with van der Waals surface area (Å²) >= 11 is 0. The van der Waals surface area contributed by atoms with Crippen molar-refractivity contribution in [2.75, 3.05) is 0 Å². The third kappa shape index (κ3) is 3.59. The number of nitrogens with zero attached hydrogens (tertiary/aromatic N) is 2. The van der Waals surface area contributed by atoms with E-state index in [1.807, 2.05) is 45.0 Å². The van der Waals surface area contributed by atoms with Crippen LogP contribution >= 0.6 is 0 Å². The van der Waals surface area contributed by atoms with E-state index in [0.717, 1.165) is 22.4 Å². The van der Waals surface area contributed by atoms with Gasteiger partial charge in [-0.05, 0) is 64.4 Å². The first kappa shape index (κ1) is 19.1. The number of benzene rings is 2. The molecule has 0 aliphatic rings. The molecule has 0 saturated heterocycles. The lowest BCUT2D eigenvalue weighted by molar-refractivity contribution is -0.126. The van der Waals surface area contributed by atoms with Gasteiger partial charge < -0.3 is 9.88 Å². The molecule has 142 valence electrons. The molecule has 1 amide bonds. The highest BCUT2D eigenvalue weighted by Gasteiger charge is 2.32. The molecule has 1 heterocycles. The first-order valence-corrected chi connectivity index (χ1v) is 9.25. The van der Waals surface area contributed by atoms with Crippen molar-refractivity contribution in [1.82, 2.24) is 14.9 Å². The van der Waals surface area contributed by atoms with Crippen LogP contribution in [0.4, 0.5) is 4.39 Å². The van der Waals surface area contributed by atoms with Gasteiger partial charge in [0.25, 0.3) is 0 Å². The third-order valence-corrected chi connectivity index (χ3v) is 5.01. The predicted octanol–water partition coefficient (Wildman–Crippen LogP) is 4.91. The van der Waals surface area contributed by atoms with E-state index in [-0.39, 0.29) is 23.8 Å². The van der Waals surface area contributed by atoms with Crippen molar-refractivity contribution in [1.29, 1.82) is 0 Å². The number of carbonyl (C=O) groups is 1. The topological polar surface area (TPSA) is 46.9 Å². The van der Waals surface area contributed by atoms with Crippen LogP contribution in [0.2, 0.25) is 0 Å². The van der Waals surface area contributed by atoms with Gasteiger partial charge in [-0.2, -0.15) is 0 Å². The zero-order valence-electron chi connectivity index (χ0n) is 16.5. The Balaban J connectivity index is 1.89. The van der Waals surface area contributed by atoms with Crippen LogP contribution in [0.25, 0.3) is 11.0 Å². The quantitative estimate of drug-likeness (QED) is 0.696. The summed E-state index contributed by atoms with van der Waals surface area (Å²) < 4.78 is 15.4. The number of halogens is 1. The van der Waals surface area contributed by atoms with Gasteiger partial charge in [-0.3, -0.25) is 4.79 Å². The van der Waals surface area contributed by atoms with Crippen molar-refractivity contribution in [2.45, 2.75) is 52.1 Å². The molecule has 1 N–H and O–H groups in total. The lowest BCUT2D eigenvalue weighted by atomic mass is 9.83. The van der Waals surface area contributed by atoms with E-state index >= 15 is 0 Å². The van der Waals surface area contributed by atoms with Crippen molar-refractivity contribution in [2.24, 2.45) is 0 Å². The molecular weight excluding hydrogens is 341 g/mol. The van der Waals surface area contributed by atoms with Crippen molar-refractivity contribution in [3.8, 4) is 0 Å². The average molecular weight is 367 g/mol. The van der Waals surface area contributed by atoms with Gasteiger partial charge in [-0.15, -0.1) is 0 Å². The van der Waals surface area contributed by atoms with Crippen LogP contribution in [0.3, 0.4) is 0 Å². The van der Waals surface area contributed by atoms with Gasteiger partial charge in [-0.25, -0.2) is 9.37 Å². The summed E-state index contributed by atoms with van der Waals surface area (Å²) in [4.78, 5) is 17.7. The van der Waals surface area contributed by atoms with Gasteiger partial charge in [0.2, 0.25) is 5.91 Å². The number of imidazole rings is 1. The Morgan fingerprint density at radius 3 is 2.33 bits per heavy atom. The Kier molecular flexibility index (Phi) is 5.05. The minimum absolute atomic E-state index is 0.121. The SMILES string of the molecule is CC(NC(=O)C(C)(C)c1ccc(F)cc1)c1nc2ccccc2n1C(C)C. The fourth-order valence-corrected chi connectivity index (χ4v) is 3.35. The number of hydrogen-bond acceptors (Lipinski definition) is 2. The monoisotopic (exact) mass is 367 g/mol. The molecule has 27 heavy (non-hydrogen) atoms. The van der Waals surface area contributed by atoms with E-state index in [9.17, 15) is 9.18 Å². The van der Waals surface area contributed by atoms with Gasteiger partial charge in [0.1, 0.15) is 11.6 Å². The fourth-order valence-electron chi connectivity index (χ4n) is 3.35. The van der Waals surface area contributed by atoms with E-state index < -0.39 is 5.41 Å². The second kappa shape index (κ2) is 7.14. The molecule has 1 aromatic heterocycles. The summed E-state index contributed by atoms with van der Waals surface area (Å²) in [7, 11) is 0. The number of rotatable bonds is 5. The number of para-hydroxylation sites is 2. The Morgan fingerprint density at radius 2 is 1.70 bits per heavy atom. The smallest absolute Gasteiger partial charge is 0.230 e. The summed E-state index contributed by atoms with van der Waals surface area (Å²) in [6, 6.07) is 14.0. The molecule has 3 aromatic rings. The maximum absolute atomic E-state index is 13.2. The Labute approximate surface area is 159 Å². The molecule has 0 saturated carbocycles. The summed E-state index contributed by atoms with van der Waals surface area (Å²) in [6.45, 7) is 9.84. The highest BCUT2D eigenvalue weighted by Crippen LogP contribution is 2.28. The Bertz CT molecular complexity index is 957. The fraction of sp³-hybridized carbons (Fsp3) is 0.364. The number of hydrogen-bond donors (Lipinski definition) is 1. The summed E-state index contributed by atoms with van der Waals surface area (Å²) in [5.74, 6) is 0.396. The zero-order chi connectivity index (χ0) is 19.8. The average Bonchev–Trinajstić information content (AvgIpc) is 3.02. The minimum Gasteiger partial charge on any atom is -0.346 e. The normalized spacial score (nSPS) is 13.1. The summed E-state index contributed by atoms with van der Waals surface area (Å²) in [5.41, 5.74) is 1.96. The number of nitrogens with one attached hydrogen (secondary N) is 1. The molecule has 2 aromatic carbocycles. The molecule has 5 heteroatoms. The third-order valence-electron chi connectivity index (χ3n) is 5.01. The summed E-state index contributed by atoms with van der Waals surface area (Å²) in [6.07, 6.45) is 0. The number of aromatic nitrogens is 2. The molecule has 0 bridgehead atoms. The molecule has 0 aliphatic heterocycles. The van der Waals surface area contributed by atoms with Crippen molar-refractivity contribution >= 4 is 16.9 Å². The van der Waals surface area contributed by atoms with Crippen LogP contribution in [-0.4, -0.2) is 15.5 Å². The highest BCUT2D eigenvalue weighted by atomic mass is 19.1. The van der Waals surface area contributed by atoms with Gasteiger partial charge in [0, 0.05) is 6.04 Å². The number of amides is 1. The first-order valence-electron chi connectivity index (χ1n) is 9.25. The van der Waals surface area contributed by atoms with E-state index in [1.54, 1.807) is 12.1 Å². The number of fused-ring (bicyclic) bond motifs is 1. The van der Waals surface area contributed by atoms with E-state index in [1.165, 1.54) is 12.1 Å². The molecule has 1 unspecified atom stereocenters. The number of carbonyl (C=O) groups excluding carboxylic acids is 1. The Morgan fingerprint density at radius 1 is 1.07 bits per heavy atom. The zero-order valence-corrected chi connectivity index (χ0v) is 16.5. The molecule has 0 spiro atoms. The van der Waals surface area contributed by atoms with E-state index in [4.69, 9.17) is 4.98 Å². The van der Waals surface area contributed by atoms with Crippen molar-refractivity contribution < 1.29 is 9.18 Å². The van der Waals surface area contributed by atoms with Gasteiger partial charge in [-0.1, -0.05) is 24.3 Å². The lowest BCUT2D eigenvalue weighted by Gasteiger charge is -2.27. The van der Waals surface area contributed by atoms with Crippen LogP contribution in [0.1, 0.15) is 58.1 Å². The molecule has 3 rings (SSSR count). The molecule has 0 aliphatic carbocycles. The summed E-state index contributed by atoms with van der Waals surface area (Å²) in [5, 5.41) is 3.09. The maximum atomic E-state index is 13.2. The standard InChI is InChI=1S/C22H26FN3O/c1-14(2)26-19-9-7-6-8-18(19)25-20(26)15(3)24-21(27)22(4,5)16-10-12-17(23)13-11-16/h6-15H,1-5H3,(H,24,27). The maximum Gasteiger partial charge on any atom is 0.230 e. The van der Waals surface area contributed by atoms with Gasteiger partial charge in [0.15, 0.2) is 0 Å². The molecule has 4 nitrogen and oxygen atoms in total. The second-order valence-electron chi connectivity index (χ2n) is 7.75. The lowest BCUT2D eigenvalue weighted by Crippen LogP contribution is -2.41. The second-order valence-corrected chi connectivity index (χ2v) is 7.75. The van der Waals surface area contributed by atoms with Crippen molar-refractivity contribution in [3.05, 3.63) is 65.7 Å². The van der Waals surface area contributed by atoms with Gasteiger partial charge >= 0.3 is 0 Å². The van der Waals surface area contributed by atoms with Crippen LogP contribution in [0, 0.1) is 5.82 Å². The van der Waals surface area contributed by atoms with Crippen LogP contribution in [0.15, 0.2) is 48.5 Å². The molecule has 0 radical (unpaired) electrons. The van der Waals surface area contributed by atoms with Gasteiger partial charge in [0.05, 0.1) is 22.5 Å². The minimum atomic E-state index is -0.781. The Hall–Kier alpha value is -2.69. The molecule has 1 atom stereocenters. The largest absolute Gasteiger partial charge is 0.346 e. The van der Waals surface area contributed by atoms with Crippen LogP contribution in [-0.2, 0) is 10.2 Å².